The van der Waals surface area contributed by atoms with Crippen molar-refractivity contribution in [3.8, 4) is 0 Å². The minimum Gasteiger partial charge on any atom is -0.479 e. The van der Waals surface area contributed by atoms with Crippen LogP contribution in [0.2, 0.25) is 5.02 Å². The second-order valence-electron chi connectivity index (χ2n) is 4.61. The number of hydrogen-bond donors (Lipinski definition) is 2. The number of carbonyl (C=O) groups is 2. The van der Waals surface area contributed by atoms with E-state index in [-0.39, 0.29) is 5.91 Å². The molecule has 1 unspecified atom stereocenters. The minimum absolute atomic E-state index is 0.371. The molecule has 1 aliphatic heterocycles. The van der Waals surface area contributed by atoms with Gasteiger partial charge in [-0.1, -0.05) is 11.6 Å². The zero-order chi connectivity index (χ0) is 14.0. The Kier molecular flexibility index (Phi) is 4.06. The van der Waals surface area contributed by atoms with Gasteiger partial charge < -0.3 is 10.4 Å². The lowest BCUT2D eigenvalue weighted by Gasteiger charge is -2.24. The number of carboxylic acids is 1. The van der Waals surface area contributed by atoms with Crippen LogP contribution in [0, 0.1) is 6.92 Å². The monoisotopic (exact) mass is 299 g/mol. The molecule has 0 radical (unpaired) electrons. The first-order valence-corrected chi connectivity index (χ1v) is 7.38. The van der Waals surface area contributed by atoms with Crippen LogP contribution in [0.4, 0.5) is 0 Å². The number of halogens is 1. The molecule has 1 aromatic rings. The van der Waals surface area contributed by atoms with Crippen LogP contribution in [-0.4, -0.2) is 34.0 Å². The summed E-state index contributed by atoms with van der Waals surface area (Å²) in [4.78, 5) is 23.5. The predicted octanol–water partition coefficient (Wildman–Crippen LogP) is 2.34. The molecule has 1 atom stereocenters. The first-order chi connectivity index (χ1) is 8.94. The van der Waals surface area contributed by atoms with Crippen LogP contribution in [0.15, 0.2) is 18.2 Å². The first kappa shape index (κ1) is 14.2. The molecule has 1 fully saturated rings. The van der Waals surface area contributed by atoms with Gasteiger partial charge in [-0.3, -0.25) is 4.79 Å². The molecule has 6 heteroatoms. The summed E-state index contributed by atoms with van der Waals surface area (Å²) in [5.41, 5.74) is 0.0777. The highest BCUT2D eigenvalue weighted by atomic mass is 35.5. The number of rotatable bonds is 3. The number of hydrogen-bond acceptors (Lipinski definition) is 3. The molecule has 1 saturated heterocycles. The Morgan fingerprint density at radius 2 is 2.21 bits per heavy atom. The van der Waals surface area contributed by atoms with E-state index >= 15 is 0 Å². The molecule has 1 aromatic carbocycles. The predicted molar refractivity (Wildman–Crippen MR) is 76.0 cm³/mol. The van der Waals surface area contributed by atoms with Crippen molar-refractivity contribution >= 4 is 35.2 Å². The quantitative estimate of drug-likeness (QED) is 0.899. The maximum atomic E-state index is 12.1. The lowest BCUT2D eigenvalue weighted by Crippen LogP contribution is -2.54. The lowest BCUT2D eigenvalue weighted by atomic mass is 9.98. The van der Waals surface area contributed by atoms with E-state index in [2.05, 4.69) is 5.32 Å². The summed E-state index contributed by atoms with van der Waals surface area (Å²) in [6.45, 7) is 1.80. The van der Waals surface area contributed by atoms with E-state index in [4.69, 9.17) is 11.6 Å². The SMILES string of the molecule is Cc1cc(C(=O)NC2(C(=O)O)CCSC2)ccc1Cl. The average molecular weight is 300 g/mol. The Labute approximate surface area is 120 Å². The van der Waals surface area contributed by atoms with E-state index in [0.29, 0.717) is 22.8 Å². The van der Waals surface area contributed by atoms with Gasteiger partial charge in [-0.2, -0.15) is 11.8 Å². The molecule has 1 amide bonds. The van der Waals surface area contributed by atoms with Crippen molar-refractivity contribution in [3.63, 3.8) is 0 Å². The number of amides is 1. The standard InChI is InChI=1S/C13H14ClNO3S/c1-8-6-9(2-3-10(8)14)11(16)15-13(12(17)18)4-5-19-7-13/h2-3,6H,4-5,7H2,1H3,(H,15,16)(H,17,18). The van der Waals surface area contributed by atoms with Gasteiger partial charge in [0.1, 0.15) is 5.54 Å². The summed E-state index contributed by atoms with van der Waals surface area (Å²) in [5, 5.41) is 12.5. The molecule has 0 spiro atoms. The molecule has 0 bridgehead atoms. The fraction of sp³-hybridized carbons (Fsp3) is 0.385. The summed E-state index contributed by atoms with van der Waals surface area (Å²) in [6, 6.07) is 4.90. The number of thioether (sulfide) groups is 1. The van der Waals surface area contributed by atoms with Gasteiger partial charge in [0, 0.05) is 16.3 Å². The Hall–Kier alpha value is -1.20. The van der Waals surface area contributed by atoms with Crippen molar-refractivity contribution in [2.24, 2.45) is 0 Å². The number of carboxylic acid groups (broad SMARTS) is 1. The van der Waals surface area contributed by atoms with Gasteiger partial charge in [0.25, 0.3) is 5.91 Å². The van der Waals surface area contributed by atoms with E-state index in [1.165, 1.54) is 11.8 Å². The van der Waals surface area contributed by atoms with Crippen molar-refractivity contribution in [3.05, 3.63) is 34.3 Å². The van der Waals surface area contributed by atoms with Gasteiger partial charge in [0.05, 0.1) is 0 Å². The third-order valence-electron chi connectivity index (χ3n) is 3.20. The average Bonchev–Trinajstić information content (AvgIpc) is 2.82. The van der Waals surface area contributed by atoms with E-state index in [1.807, 2.05) is 0 Å². The van der Waals surface area contributed by atoms with Gasteiger partial charge in [-0.25, -0.2) is 4.79 Å². The topological polar surface area (TPSA) is 66.4 Å². The van der Waals surface area contributed by atoms with E-state index in [0.717, 1.165) is 11.3 Å². The molecule has 102 valence electrons. The van der Waals surface area contributed by atoms with Crippen LogP contribution < -0.4 is 5.32 Å². The van der Waals surface area contributed by atoms with E-state index in [1.54, 1.807) is 25.1 Å². The first-order valence-electron chi connectivity index (χ1n) is 5.84. The van der Waals surface area contributed by atoms with Gasteiger partial charge in [-0.15, -0.1) is 0 Å². The molecular formula is C13H14ClNO3S. The Morgan fingerprint density at radius 1 is 1.47 bits per heavy atom. The van der Waals surface area contributed by atoms with Crippen LogP contribution >= 0.6 is 23.4 Å². The Morgan fingerprint density at radius 3 is 2.74 bits per heavy atom. The summed E-state index contributed by atoms with van der Waals surface area (Å²) in [6.07, 6.45) is 0.450. The molecular weight excluding hydrogens is 286 g/mol. The molecule has 4 nitrogen and oxygen atoms in total. The zero-order valence-electron chi connectivity index (χ0n) is 10.4. The molecule has 2 N–H and O–H groups in total. The number of aryl methyl sites for hydroxylation is 1. The molecule has 0 saturated carbocycles. The largest absolute Gasteiger partial charge is 0.479 e. The second kappa shape index (κ2) is 5.43. The molecule has 0 aliphatic carbocycles. The van der Waals surface area contributed by atoms with Gasteiger partial charge in [-0.05, 0) is 42.9 Å². The smallest absolute Gasteiger partial charge is 0.330 e. The van der Waals surface area contributed by atoms with Crippen molar-refractivity contribution in [2.75, 3.05) is 11.5 Å². The zero-order valence-corrected chi connectivity index (χ0v) is 12.0. The van der Waals surface area contributed by atoms with Crippen LogP contribution in [0.1, 0.15) is 22.3 Å². The van der Waals surface area contributed by atoms with Gasteiger partial charge >= 0.3 is 5.97 Å². The number of aliphatic carboxylic acids is 1. The van der Waals surface area contributed by atoms with Crippen LogP contribution in [0.5, 0.6) is 0 Å². The molecule has 0 aromatic heterocycles. The number of benzene rings is 1. The van der Waals surface area contributed by atoms with E-state index in [9.17, 15) is 14.7 Å². The molecule has 1 heterocycles. The highest BCUT2D eigenvalue weighted by Gasteiger charge is 2.43. The van der Waals surface area contributed by atoms with Crippen molar-refractivity contribution in [2.45, 2.75) is 18.9 Å². The molecule has 19 heavy (non-hydrogen) atoms. The van der Waals surface area contributed by atoms with Gasteiger partial charge in [0.15, 0.2) is 0 Å². The van der Waals surface area contributed by atoms with Gasteiger partial charge in [0.2, 0.25) is 0 Å². The highest BCUT2D eigenvalue weighted by molar-refractivity contribution is 7.99. The third-order valence-corrected chi connectivity index (χ3v) is 4.82. The fourth-order valence-electron chi connectivity index (χ4n) is 1.96. The Bertz CT molecular complexity index is 527. The molecule has 1 aliphatic rings. The summed E-state index contributed by atoms with van der Waals surface area (Å²) < 4.78 is 0. The van der Waals surface area contributed by atoms with Crippen molar-refractivity contribution < 1.29 is 14.7 Å². The number of carbonyl (C=O) groups excluding carboxylic acids is 1. The Balaban J connectivity index is 2.20. The van der Waals surface area contributed by atoms with Crippen LogP contribution in [-0.2, 0) is 4.79 Å². The maximum absolute atomic E-state index is 12.1. The third kappa shape index (κ3) is 2.87. The lowest BCUT2D eigenvalue weighted by molar-refractivity contribution is -0.143. The maximum Gasteiger partial charge on any atom is 0.330 e. The minimum atomic E-state index is -1.14. The second-order valence-corrected chi connectivity index (χ2v) is 6.12. The van der Waals surface area contributed by atoms with Crippen LogP contribution in [0.25, 0.3) is 0 Å². The highest BCUT2D eigenvalue weighted by Crippen LogP contribution is 2.28. The summed E-state index contributed by atoms with van der Waals surface area (Å²) in [7, 11) is 0. The normalized spacial score (nSPS) is 22.2. The molecule has 2 rings (SSSR count). The summed E-state index contributed by atoms with van der Waals surface area (Å²) >= 11 is 7.44. The number of nitrogens with one attached hydrogen (secondary N) is 1. The fourth-order valence-corrected chi connectivity index (χ4v) is 3.40. The van der Waals surface area contributed by atoms with Crippen molar-refractivity contribution in [1.82, 2.24) is 5.32 Å². The summed E-state index contributed by atoms with van der Waals surface area (Å²) in [5.74, 6) is -0.200. The van der Waals surface area contributed by atoms with Crippen molar-refractivity contribution in [1.29, 1.82) is 0 Å². The van der Waals surface area contributed by atoms with Crippen LogP contribution in [0.3, 0.4) is 0 Å². The van der Waals surface area contributed by atoms with E-state index < -0.39 is 11.5 Å².